The highest BCUT2D eigenvalue weighted by Crippen LogP contribution is 2.31. The third kappa shape index (κ3) is 3.41. The highest BCUT2D eigenvalue weighted by atomic mass is 19.4. The van der Waals surface area contributed by atoms with Crippen LogP contribution in [0.2, 0.25) is 0 Å². The fourth-order valence-electron chi connectivity index (χ4n) is 2.12. The van der Waals surface area contributed by atoms with Crippen LogP contribution in [0.4, 0.5) is 18.9 Å². The summed E-state index contributed by atoms with van der Waals surface area (Å²) in [6.45, 7) is 3.36. The Kier molecular flexibility index (Phi) is 4.26. The van der Waals surface area contributed by atoms with E-state index in [1.165, 1.54) is 4.57 Å². The molecule has 0 unspecified atom stereocenters. The van der Waals surface area contributed by atoms with Crippen LogP contribution in [0.1, 0.15) is 25.5 Å². The van der Waals surface area contributed by atoms with Crippen molar-refractivity contribution in [2.24, 2.45) is 0 Å². The molecule has 0 fully saturated rings. The first kappa shape index (κ1) is 16.7. The number of benzene rings is 1. The van der Waals surface area contributed by atoms with E-state index in [9.17, 15) is 28.1 Å². The molecule has 8 heteroatoms. The monoisotopic (exact) mass is 326 g/mol. The summed E-state index contributed by atoms with van der Waals surface area (Å²) in [6, 6.07) is 4.70. The van der Waals surface area contributed by atoms with Gasteiger partial charge in [-0.2, -0.15) is 13.2 Å². The highest BCUT2D eigenvalue weighted by molar-refractivity contribution is 5.65. The molecule has 122 valence electrons. The van der Waals surface area contributed by atoms with Crippen LogP contribution >= 0.6 is 0 Å². The Hall–Kier alpha value is -2.64. The van der Waals surface area contributed by atoms with E-state index >= 15 is 0 Å². The first-order chi connectivity index (χ1) is 10.6. The largest absolute Gasteiger partial charge is 0.416 e. The van der Waals surface area contributed by atoms with Crippen LogP contribution in [0.5, 0.6) is 0 Å². The molecule has 0 radical (unpaired) electrons. The van der Waals surface area contributed by atoms with Crippen LogP contribution in [0.25, 0.3) is 11.1 Å². The molecule has 5 nitrogen and oxygen atoms in total. The molecule has 1 aromatic carbocycles. The lowest BCUT2D eigenvalue weighted by Crippen LogP contribution is -2.23. The van der Waals surface area contributed by atoms with E-state index in [4.69, 9.17) is 0 Å². The van der Waals surface area contributed by atoms with Crippen molar-refractivity contribution in [1.82, 2.24) is 4.57 Å². The summed E-state index contributed by atoms with van der Waals surface area (Å²) in [6.07, 6.45) is -3.36. The first-order valence-corrected chi connectivity index (χ1v) is 6.69. The molecule has 0 N–H and O–H groups in total. The predicted molar refractivity (Wildman–Crippen MR) is 78.2 cm³/mol. The van der Waals surface area contributed by atoms with Gasteiger partial charge < -0.3 is 4.57 Å². The molecule has 2 rings (SSSR count). The minimum Gasteiger partial charge on any atom is -0.306 e. The van der Waals surface area contributed by atoms with Crippen molar-refractivity contribution in [1.29, 1.82) is 0 Å². The van der Waals surface area contributed by atoms with Gasteiger partial charge in [-0.3, -0.25) is 14.9 Å². The van der Waals surface area contributed by atoms with Crippen LogP contribution in [-0.4, -0.2) is 9.49 Å². The van der Waals surface area contributed by atoms with Crippen LogP contribution < -0.4 is 5.56 Å². The number of aromatic nitrogens is 1. The van der Waals surface area contributed by atoms with Gasteiger partial charge in [0.25, 0.3) is 11.2 Å². The number of hydrogen-bond acceptors (Lipinski definition) is 3. The fourth-order valence-corrected chi connectivity index (χ4v) is 2.12. The Labute approximate surface area is 129 Å². The van der Waals surface area contributed by atoms with Gasteiger partial charge in [-0.05, 0) is 31.5 Å². The smallest absolute Gasteiger partial charge is 0.306 e. The zero-order valence-corrected chi connectivity index (χ0v) is 12.3. The summed E-state index contributed by atoms with van der Waals surface area (Å²) in [5.74, 6) is 0. The van der Waals surface area contributed by atoms with Crippen molar-refractivity contribution < 1.29 is 18.1 Å². The second-order valence-corrected chi connectivity index (χ2v) is 5.25. The molecule has 23 heavy (non-hydrogen) atoms. The standard InChI is InChI=1S/C15H13F3N2O3/c1-9(2)19-8-12(20(22)23)7-13(14(19)21)10-3-5-11(6-4-10)15(16,17)18/h3-9H,1-2H3. The van der Waals surface area contributed by atoms with Gasteiger partial charge in [0, 0.05) is 12.1 Å². The van der Waals surface area contributed by atoms with Crippen molar-refractivity contribution in [3.8, 4) is 11.1 Å². The summed E-state index contributed by atoms with van der Waals surface area (Å²) < 4.78 is 38.9. The molecule has 0 spiro atoms. The maximum atomic E-state index is 12.6. The van der Waals surface area contributed by atoms with E-state index in [0.717, 1.165) is 36.5 Å². The van der Waals surface area contributed by atoms with E-state index in [1.807, 2.05) is 0 Å². The molecule has 1 heterocycles. The average Bonchev–Trinajstić information content (AvgIpc) is 2.46. The van der Waals surface area contributed by atoms with Gasteiger partial charge in [-0.15, -0.1) is 0 Å². The zero-order chi connectivity index (χ0) is 17.4. The number of nitro groups is 1. The van der Waals surface area contributed by atoms with E-state index < -0.39 is 22.2 Å². The van der Waals surface area contributed by atoms with E-state index in [0.29, 0.717) is 0 Å². The molecule has 0 saturated heterocycles. The Morgan fingerprint density at radius 2 is 1.74 bits per heavy atom. The molecule has 0 aliphatic carbocycles. The molecule has 0 aliphatic heterocycles. The third-order valence-corrected chi connectivity index (χ3v) is 3.32. The summed E-state index contributed by atoms with van der Waals surface area (Å²) >= 11 is 0. The van der Waals surface area contributed by atoms with Crippen LogP contribution in [0.15, 0.2) is 41.3 Å². The lowest BCUT2D eigenvalue weighted by atomic mass is 10.0. The number of pyridine rings is 1. The summed E-state index contributed by atoms with van der Waals surface area (Å²) in [5, 5.41) is 11.0. The number of hydrogen-bond donors (Lipinski definition) is 0. The SMILES string of the molecule is CC(C)n1cc([N+](=O)[O-])cc(-c2ccc(C(F)(F)F)cc2)c1=O. The maximum absolute atomic E-state index is 12.6. The minimum absolute atomic E-state index is 0.0124. The molecule has 2 aromatic rings. The van der Waals surface area contributed by atoms with Gasteiger partial charge in [0.05, 0.1) is 22.2 Å². The van der Waals surface area contributed by atoms with Crippen LogP contribution in [0.3, 0.4) is 0 Å². The van der Waals surface area contributed by atoms with Gasteiger partial charge in [0.2, 0.25) is 0 Å². The molecular formula is C15H13F3N2O3. The number of alkyl halides is 3. The number of halogens is 3. The van der Waals surface area contributed by atoms with Crippen LogP contribution in [0, 0.1) is 10.1 Å². The number of nitrogens with zero attached hydrogens (tertiary/aromatic N) is 2. The average molecular weight is 326 g/mol. The Bertz CT molecular complexity index is 793. The van der Waals surface area contributed by atoms with E-state index in [-0.39, 0.29) is 22.9 Å². The van der Waals surface area contributed by atoms with Gasteiger partial charge >= 0.3 is 6.18 Å². The van der Waals surface area contributed by atoms with E-state index in [2.05, 4.69) is 0 Å². The van der Waals surface area contributed by atoms with Gasteiger partial charge in [-0.25, -0.2) is 0 Å². The molecule has 0 aliphatic rings. The van der Waals surface area contributed by atoms with Gasteiger partial charge in [0.1, 0.15) is 0 Å². The minimum atomic E-state index is -4.49. The quantitative estimate of drug-likeness (QED) is 0.632. The molecule has 1 aromatic heterocycles. The normalized spacial score (nSPS) is 11.7. The van der Waals surface area contributed by atoms with Gasteiger partial charge in [-0.1, -0.05) is 12.1 Å². The maximum Gasteiger partial charge on any atom is 0.416 e. The van der Waals surface area contributed by atoms with Crippen molar-refractivity contribution >= 4 is 5.69 Å². The fraction of sp³-hybridized carbons (Fsp3) is 0.267. The summed E-state index contributed by atoms with van der Waals surface area (Å²) in [4.78, 5) is 22.7. The summed E-state index contributed by atoms with van der Waals surface area (Å²) in [7, 11) is 0. The third-order valence-electron chi connectivity index (χ3n) is 3.32. The van der Waals surface area contributed by atoms with Crippen molar-refractivity contribution in [3.63, 3.8) is 0 Å². The number of rotatable bonds is 3. The zero-order valence-electron chi connectivity index (χ0n) is 12.3. The highest BCUT2D eigenvalue weighted by Gasteiger charge is 2.30. The molecular weight excluding hydrogens is 313 g/mol. The van der Waals surface area contributed by atoms with Crippen molar-refractivity contribution in [2.45, 2.75) is 26.1 Å². The summed E-state index contributed by atoms with van der Waals surface area (Å²) in [5.41, 5.74) is -1.46. The molecule has 0 amide bonds. The predicted octanol–water partition coefficient (Wildman–Crippen LogP) is 4.02. The first-order valence-electron chi connectivity index (χ1n) is 6.69. The van der Waals surface area contributed by atoms with Crippen molar-refractivity contribution in [2.75, 3.05) is 0 Å². The second-order valence-electron chi connectivity index (χ2n) is 5.25. The van der Waals surface area contributed by atoms with Crippen molar-refractivity contribution in [3.05, 3.63) is 62.6 Å². The molecule has 0 atom stereocenters. The Balaban J connectivity index is 2.63. The molecule has 0 saturated carbocycles. The molecule has 0 bridgehead atoms. The lowest BCUT2D eigenvalue weighted by molar-refractivity contribution is -0.385. The Morgan fingerprint density at radius 1 is 1.17 bits per heavy atom. The van der Waals surface area contributed by atoms with E-state index in [1.54, 1.807) is 13.8 Å². The second kappa shape index (κ2) is 5.86. The topological polar surface area (TPSA) is 65.1 Å². The van der Waals surface area contributed by atoms with Crippen LogP contribution in [-0.2, 0) is 6.18 Å². The van der Waals surface area contributed by atoms with Gasteiger partial charge in [0.15, 0.2) is 0 Å². The lowest BCUT2D eigenvalue weighted by Gasteiger charge is -2.12. The Morgan fingerprint density at radius 3 is 2.17 bits per heavy atom.